The topological polar surface area (TPSA) is 30.8 Å². The maximum Gasteiger partial charge on any atom is 0.161 e. The number of methoxy groups -OCH3 is 2. The van der Waals surface area contributed by atoms with Gasteiger partial charge in [0.15, 0.2) is 11.5 Å². The highest BCUT2D eigenvalue weighted by molar-refractivity contribution is 6.17. The van der Waals surface area contributed by atoms with E-state index in [4.69, 9.17) is 26.1 Å². The monoisotopic (exact) mass is 369 g/mol. The highest BCUT2D eigenvalue weighted by Gasteiger charge is 2.34. The van der Waals surface area contributed by atoms with Gasteiger partial charge >= 0.3 is 0 Å². The zero-order chi connectivity index (χ0) is 18.1. The van der Waals surface area contributed by atoms with Gasteiger partial charge in [0.1, 0.15) is 0 Å². The molecule has 1 aliphatic carbocycles. The first-order chi connectivity index (χ1) is 12.7. The average Bonchev–Trinajstić information content (AvgIpc) is 2.72. The third kappa shape index (κ3) is 2.99. The van der Waals surface area contributed by atoms with Crippen molar-refractivity contribution in [3.63, 3.8) is 0 Å². The highest BCUT2D eigenvalue weighted by atomic mass is 35.5. The molecule has 3 nitrogen and oxygen atoms in total. The molecule has 1 aliphatic heterocycles. The second-order valence-electron chi connectivity index (χ2n) is 7.06. The van der Waals surface area contributed by atoms with Crippen molar-refractivity contribution in [1.82, 2.24) is 0 Å². The molecule has 2 aliphatic rings. The van der Waals surface area contributed by atoms with Crippen LogP contribution in [0.5, 0.6) is 11.5 Å². The largest absolute Gasteiger partial charge is 0.493 e. The Hall–Kier alpha value is -2.00. The Kier molecular flexibility index (Phi) is 4.90. The minimum atomic E-state index is 0.358. The summed E-state index contributed by atoms with van der Waals surface area (Å²) >= 11 is 5.95. The Morgan fingerprint density at radius 2 is 1.69 bits per heavy atom. The van der Waals surface area contributed by atoms with Crippen LogP contribution >= 0.6 is 11.6 Å². The molecule has 1 saturated carbocycles. The SMILES string of the molecule is COc1cc2c(cc1OC)C1CCCCC1N=C2c1ccc(CCl)cc1. The van der Waals surface area contributed by atoms with Crippen LogP contribution in [0.25, 0.3) is 0 Å². The number of alkyl halides is 1. The summed E-state index contributed by atoms with van der Waals surface area (Å²) in [6, 6.07) is 13.0. The molecule has 2 aromatic rings. The van der Waals surface area contributed by atoms with Gasteiger partial charge in [0.05, 0.1) is 26.0 Å². The Bertz CT molecular complexity index is 829. The second kappa shape index (κ2) is 7.32. The molecule has 2 atom stereocenters. The maximum atomic E-state index is 5.95. The molecule has 0 aromatic heterocycles. The summed E-state index contributed by atoms with van der Waals surface area (Å²) in [6.07, 6.45) is 4.87. The number of rotatable bonds is 4. The summed E-state index contributed by atoms with van der Waals surface area (Å²) in [5, 5.41) is 0. The van der Waals surface area contributed by atoms with Crippen LogP contribution in [0.4, 0.5) is 0 Å². The van der Waals surface area contributed by atoms with Gasteiger partial charge < -0.3 is 9.47 Å². The van der Waals surface area contributed by atoms with E-state index in [9.17, 15) is 0 Å². The van der Waals surface area contributed by atoms with Crippen molar-refractivity contribution in [2.24, 2.45) is 4.99 Å². The molecule has 4 heteroatoms. The lowest BCUT2D eigenvalue weighted by molar-refractivity contribution is 0.349. The summed E-state index contributed by atoms with van der Waals surface area (Å²) in [6.45, 7) is 0. The fourth-order valence-electron chi connectivity index (χ4n) is 4.25. The number of hydrogen-bond acceptors (Lipinski definition) is 3. The van der Waals surface area contributed by atoms with Gasteiger partial charge in [-0.3, -0.25) is 4.99 Å². The predicted molar refractivity (Wildman–Crippen MR) is 106 cm³/mol. The summed E-state index contributed by atoms with van der Waals surface area (Å²) in [4.78, 5) is 5.19. The van der Waals surface area contributed by atoms with Crippen molar-refractivity contribution in [3.8, 4) is 11.5 Å². The number of fused-ring (bicyclic) bond motifs is 3. The molecule has 2 aromatic carbocycles. The molecule has 0 bridgehead atoms. The van der Waals surface area contributed by atoms with Crippen LogP contribution in [0.1, 0.15) is 53.9 Å². The lowest BCUT2D eigenvalue weighted by Crippen LogP contribution is -2.29. The lowest BCUT2D eigenvalue weighted by atomic mass is 9.75. The van der Waals surface area contributed by atoms with Crippen LogP contribution in [-0.4, -0.2) is 26.0 Å². The molecule has 2 unspecified atom stereocenters. The first-order valence-electron chi connectivity index (χ1n) is 9.24. The number of aliphatic imine (C=N–C) groups is 1. The zero-order valence-electron chi connectivity index (χ0n) is 15.3. The van der Waals surface area contributed by atoms with Gasteiger partial charge in [0.2, 0.25) is 0 Å². The molecule has 1 fully saturated rings. The van der Waals surface area contributed by atoms with Crippen LogP contribution in [0, 0.1) is 0 Å². The highest BCUT2D eigenvalue weighted by Crippen LogP contribution is 2.44. The van der Waals surface area contributed by atoms with Gasteiger partial charge in [0, 0.05) is 22.9 Å². The normalized spacial score (nSPS) is 21.4. The Balaban J connectivity index is 1.87. The zero-order valence-corrected chi connectivity index (χ0v) is 16.1. The molecule has 0 N–H and O–H groups in total. The van der Waals surface area contributed by atoms with Crippen LogP contribution in [-0.2, 0) is 5.88 Å². The number of ether oxygens (including phenoxy) is 2. The van der Waals surface area contributed by atoms with E-state index in [1.165, 1.54) is 30.4 Å². The Labute approximate surface area is 160 Å². The summed E-state index contributed by atoms with van der Waals surface area (Å²) in [5.41, 5.74) is 5.83. The van der Waals surface area contributed by atoms with E-state index in [2.05, 4.69) is 36.4 Å². The standard InChI is InChI=1S/C22H24ClNO2/c1-25-20-11-17-16-5-3-4-6-19(16)24-22(18(17)12-21(20)26-2)15-9-7-14(13-23)8-10-15/h7-12,16,19H,3-6,13H2,1-2H3. The third-order valence-electron chi connectivity index (χ3n) is 5.62. The quantitative estimate of drug-likeness (QED) is 0.683. The first-order valence-corrected chi connectivity index (χ1v) is 9.78. The van der Waals surface area contributed by atoms with Gasteiger partial charge in [-0.05, 0) is 36.1 Å². The van der Waals surface area contributed by atoms with Crippen LogP contribution in [0.3, 0.4) is 0 Å². The summed E-state index contributed by atoms with van der Waals surface area (Å²) in [5.74, 6) is 2.56. The second-order valence-corrected chi connectivity index (χ2v) is 7.33. The van der Waals surface area contributed by atoms with E-state index in [1.54, 1.807) is 14.2 Å². The Morgan fingerprint density at radius 3 is 2.38 bits per heavy atom. The molecule has 0 amide bonds. The van der Waals surface area contributed by atoms with E-state index in [-0.39, 0.29) is 0 Å². The Morgan fingerprint density at radius 1 is 1.00 bits per heavy atom. The van der Waals surface area contributed by atoms with Gasteiger partial charge in [-0.2, -0.15) is 0 Å². The number of hydrogen-bond donors (Lipinski definition) is 0. The van der Waals surface area contributed by atoms with E-state index in [0.717, 1.165) is 34.8 Å². The fourth-order valence-corrected chi connectivity index (χ4v) is 4.43. The van der Waals surface area contributed by atoms with Gasteiger partial charge in [-0.25, -0.2) is 0 Å². The first kappa shape index (κ1) is 17.4. The third-order valence-corrected chi connectivity index (χ3v) is 5.92. The van der Waals surface area contributed by atoms with Gasteiger partial charge in [0.25, 0.3) is 0 Å². The lowest BCUT2D eigenvalue weighted by Gasteiger charge is -2.35. The molecule has 0 radical (unpaired) electrons. The van der Waals surface area contributed by atoms with Crippen molar-refractivity contribution in [2.75, 3.05) is 14.2 Å². The number of halogens is 1. The van der Waals surface area contributed by atoms with E-state index in [1.807, 2.05) is 0 Å². The summed E-state index contributed by atoms with van der Waals surface area (Å²) in [7, 11) is 3.38. The molecule has 136 valence electrons. The summed E-state index contributed by atoms with van der Waals surface area (Å²) < 4.78 is 11.1. The van der Waals surface area contributed by atoms with Crippen molar-refractivity contribution in [3.05, 3.63) is 58.7 Å². The predicted octanol–water partition coefficient (Wildman–Crippen LogP) is 5.32. The molecule has 0 saturated heterocycles. The van der Waals surface area contributed by atoms with E-state index in [0.29, 0.717) is 17.8 Å². The molecule has 1 heterocycles. The van der Waals surface area contributed by atoms with Crippen LogP contribution in [0.15, 0.2) is 41.4 Å². The van der Waals surface area contributed by atoms with Crippen molar-refractivity contribution in [2.45, 2.75) is 43.5 Å². The molecule has 0 spiro atoms. The minimum absolute atomic E-state index is 0.358. The smallest absolute Gasteiger partial charge is 0.161 e. The molecular weight excluding hydrogens is 346 g/mol. The maximum absolute atomic E-state index is 5.95. The molecular formula is C22H24ClNO2. The molecule has 26 heavy (non-hydrogen) atoms. The van der Waals surface area contributed by atoms with Gasteiger partial charge in [-0.1, -0.05) is 37.1 Å². The van der Waals surface area contributed by atoms with E-state index < -0.39 is 0 Å². The number of benzene rings is 2. The van der Waals surface area contributed by atoms with Crippen LogP contribution < -0.4 is 9.47 Å². The van der Waals surface area contributed by atoms with Crippen molar-refractivity contribution >= 4 is 17.3 Å². The van der Waals surface area contributed by atoms with E-state index >= 15 is 0 Å². The van der Waals surface area contributed by atoms with Crippen LogP contribution in [0.2, 0.25) is 0 Å². The van der Waals surface area contributed by atoms with Crippen molar-refractivity contribution < 1.29 is 9.47 Å². The van der Waals surface area contributed by atoms with Crippen molar-refractivity contribution in [1.29, 1.82) is 0 Å². The fraction of sp³-hybridized carbons (Fsp3) is 0.409. The number of nitrogens with zero attached hydrogens (tertiary/aromatic N) is 1. The minimum Gasteiger partial charge on any atom is -0.493 e. The average molecular weight is 370 g/mol. The van der Waals surface area contributed by atoms with Gasteiger partial charge in [-0.15, -0.1) is 11.6 Å². The molecule has 4 rings (SSSR count).